The van der Waals surface area contributed by atoms with Gasteiger partial charge in [0.25, 0.3) is 5.91 Å². The van der Waals surface area contributed by atoms with E-state index >= 15 is 0 Å². The van der Waals surface area contributed by atoms with Crippen molar-refractivity contribution in [1.29, 1.82) is 0 Å². The van der Waals surface area contributed by atoms with Crippen LogP contribution < -0.4 is 10.2 Å². The second kappa shape index (κ2) is 8.55. The zero-order chi connectivity index (χ0) is 22.0. The van der Waals surface area contributed by atoms with Gasteiger partial charge in [0.2, 0.25) is 0 Å². The molecule has 0 fully saturated rings. The average molecular weight is 425 g/mol. The summed E-state index contributed by atoms with van der Waals surface area (Å²) in [5.74, 6) is -2.48. The molecule has 1 amide bonds. The fourth-order valence-corrected chi connectivity index (χ4v) is 3.35. The number of benzene rings is 1. The van der Waals surface area contributed by atoms with Gasteiger partial charge in [0, 0.05) is 25.4 Å². The van der Waals surface area contributed by atoms with Gasteiger partial charge in [-0.2, -0.15) is 0 Å². The van der Waals surface area contributed by atoms with Gasteiger partial charge in [-0.3, -0.25) is 9.78 Å². The van der Waals surface area contributed by atoms with Gasteiger partial charge in [0.05, 0.1) is 23.7 Å². The van der Waals surface area contributed by atoms with Crippen molar-refractivity contribution in [1.82, 2.24) is 15.0 Å². The Bertz CT molecular complexity index is 1160. The van der Waals surface area contributed by atoms with Gasteiger partial charge in [-0.1, -0.05) is 5.57 Å². The van der Waals surface area contributed by atoms with Gasteiger partial charge in [-0.25, -0.2) is 23.1 Å². The number of halogens is 3. The first kappa shape index (κ1) is 20.5. The largest absolute Gasteiger partial charge is 0.349 e. The van der Waals surface area contributed by atoms with E-state index in [1.807, 2.05) is 11.8 Å². The van der Waals surface area contributed by atoms with Gasteiger partial charge in [-0.05, 0) is 43.2 Å². The van der Waals surface area contributed by atoms with E-state index < -0.39 is 23.4 Å². The molecule has 4 rings (SSSR count). The van der Waals surface area contributed by atoms with E-state index in [0.717, 1.165) is 29.7 Å². The summed E-state index contributed by atoms with van der Waals surface area (Å²) in [7, 11) is 0. The summed E-state index contributed by atoms with van der Waals surface area (Å²) in [5.41, 5.74) is 2.29. The highest BCUT2D eigenvalue weighted by Crippen LogP contribution is 2.29. The molecule has 1 aromatic carbocycles. The lowest BCUT2D eigenvalue weighted by Crippen LogP contribution is -2.32. The maximum absolute atomic E-state index is 14.1. The summed E-state index contributed by atoms with van der Waals surface area (Å²) in [5, 5.41) is 2.44. The second-order valence-corrected chi connectivity index (χ2v) is 7.10. The first-order chi connectivity index (χ1) is 14.9. The van der Waals surface area contributed by atoms with Gasteiger partial charge in [0.15, 0.2) is 17.5 Å². The van der Waals surface area contributed by atoms with Crippen LogP contribution >= 0.6 is 0 Å². The number of pyridine rings is 1. The molecular weight excluding hydrogens is 407 g/mol. The maximum atomic E-state index is 14.1. The summed E-state index contributed by atoms with van der Waals surface area (Å²) in [6.07, 6.45) is 5.11. The third kappa shape index (κ3) is 4.40. The molecule has 3 aromatic rings. The summed E-state index contributed by atoms with van der Waals surface area (Å²) in [4.78, 5) is 26.7. The van der Waals surface area contributed by atoms with Crippen molar-refractivity contribution in [2.45, 2.75) is 13.3 Å². The molecule has 6 nitrogen and oxygen atoms in total. The van der Waals surface area contributed by atoms with E-state index in [9.17, 15) is 18.0 Å². The molecule has 0 saturated carbocycles. The maximum Gasteiger partial charge on any atom is 0.259 e. The van der Waals surface area contributed by atoms with Crippen LogP contribution in [0.3, 0.4) is 0 Å². The third-order valence-electron chi connectivity index (χ3n) is 5.04. The van der Waals surface area contributed by atoms with Crippen molar-refractivity contribution in [3.8, 4) is 0 Å². The summed E-state index contributed by atoms with van der Waals surface area (Å²) < 4.78 is 40.9. The Labute approximate surface area is 176 Å². The van der Waals surface area contributed by atoms with Crippen molar-refractivity contribution in [2.75, 3.05) is 23.3 Å². The number of carbonyl (C=O) groups excluding carboxylic acids is 1. The van der Waals surface area contributed by atoms with Crippen LogP contribution in [0.1, 0.15) is 29.4 Å². The summed E-state index contributed by atoms with van der Waals surface area (Å²) in [6, 6.07) is 5.61. The van der Waals surface area contributed by atoms with Crippen molar-refractivity contribution in [2.24, 2.45) is 0 Å². The number of nitrogens with zero attached hydrogens (tertiary/aromatic N) is 4. The van der Waals surface area contributed by atoms with E-state index in [4.69, 9.17) is 0 Å². The predicted octanol–water partition coefficient (Wildman–Crippen LogP) is 4.23. The Kier molecular flexibility index (Phi) is 5.66. The SMILES string of the molecule is CC1=C(c2cnc(NC(=O)c3ccc(F)cc3F)cn2)CN(c2ncccc2F)CC1. The van der Waals surface area contributed by atoms with Crippen molar-refractivity contribution in [3.63, 3.8) is 0 Å². The Hall–Kier alpha value is -3.75. The van der Waals surface area contributed by atoms with E-state index in [1.165, 1.54) is 18.5 Å². The van der Waals surface area contributed by atoms with Gasteiger partial charge >= 0.3 is 0 Å². The quantitative estimate of drug-likeness (QED) is 0.678. The number of hydrogen-bond acceptors (Lipinski definition) is 5. The normalized spacial score (nSPS) is 14.0. The molecule has 0 unspecified atom stereocenters. The van der Waals surface area contributed by atoms with Crippen LogP contribution in [0.4, 0.5) is 24.8 Å². The molecule has 1 aliphatic rings. The lowest BCUT2D eigenvalue weighted by Gasteiger charge is -2.30. The van der Waals surface area contributed by atoms with E-state index in [1.54, 1.807) is 12.3 Å². The molecule has 31 heavy (non-hydrogen) atoms. The minimum absolute atomic E-state index is 0.124. The predicted molar refractivity (Wildman–Crippen MR) is 110 cm³/mol. The van der Waals surface area contributed by atoms with Gasteiger partial charge < -0.3 is 10.2 Å². The molecule has 1 aliphatic heterocycles. The highest BCUT2D eigenvalue weighted by molar-refractivity contribution is 6.03. The van der Waals surface area contributed by atoms with Crippen LogP contribution in [0, 0.1) is 17.5 Å². The molecule has 3 heterocycles. The molecule has 158 valence electrons. The van der Waals surface area contributed by atoms with Crippen molar-refractivity contribution in [3.05, 3.63) is 83.2 Å². The number of amides is 1. The molecule has 0 bridgehead atoms. The van der Waals surface area contributed by atoms with Crippen molar-refractivity contribution >= 4 is 23.1 Å². The second-order valence-electron chi connectivity index (χ2n) is 7.10. The molecule has 0 saturated heterocycles. The lowest BCUT2D eigenvalue weighted by molar-refractivity contribution is 0.102. The topological polar surface area (TPSA) is 71.0 Å². The lowest BCUT2D eigenvalue weighted by atomic mass is 9.99. The van der Waals surface area contributed by atoms with Crippen LogP contribution in [0.25, 0.3) is 5.57 Å². The number of hydrogen-bond donors (Lipinski definition) is 1. The molecule has 0 aliphatic carbocycles. The molecule has 0 radical (unpaired) electrons. The Balaban J connectivity index is 1.50. The average Bonchev–Trinajstić information content (AvgIpc) is 2.75. The zero-order valence-electron chi connectivity index (χ0n) is 16.6. The first-order valence-electron chi connectivity index (χ1n) is 9.55. The molecule has 2 aromatic heterocycles. The minimum Gasteiger partial charge on any atom is -0.349 e. The van der Waals surface area contributed by atoms with Crippen LogP contribution in [-0.4, -0.2) is 33.9 Å². The van der Waals surface area contributed by atoms with Gasteiger partial charge in [-0.15, -0.1) is 0 Å². The van der Waals surface area contributed by atoms with E-state index in [-0.39, 0.29) is 17.2 Å². The monoisotopic (exact) mass is 425 g/mol. The Morgan fingerprint density at radius 1 is 1.06 bits per heavy atom. The van der Waals surface area contributed by atoms with Crippen LogP contribution in [0.15, 0.2) is 54.5 Å². The Morgan fingerprint density at radius 3 is 2.61 bits per heavy atom. The highest BCUT2D eigenvalue weighted by Gasteiger charge is 2.22. The van der Waals surface area contributed by atoms with E-state index in [0.29, 0.717) is 24.8 Å². The molecule has 1 N–H and O–H groups in total. The van der Waals surface area contributed by atoms with Crippen LogP contribution in [0.2, 0.25) is 0 Å². The van der Waals surface area contributed by atoms with Gasteiger partial charge in [0.1, 0.15) is 11.6 Å². The molecule has 0 spiro atoms. The van der Waals surface area contributed by atoms with E-state index in [2.05, 4.69) is 20.3 Å². The van der Waals surface area contributed by atoms with Crippen molar-refractivity contribution < 1.29 is 18.0 Å². The third-order valence-corrected chi connectivity index (χ3v) is 5.04. The van der Waals surface area contributed by atoms with Crippen LogP contribution in [-0.2, 0) is 0 Å². The zero-order valence-corrected chi connectivity index (χ0v) is 16.6. The fourth-order valence-electron chi connectivity index (χ4n) is 3.35. The first-order valence-corrected chi connectivity index (χ1v) is 9.55. The number of anilines is 2. The minimum atomic E-state index is -0.966. The number of carbonyl (C=O) groups is 1. The smallest absolute Gasteiger partial charge is 0.259 e. The number of aromatic nitrogens is 3. The molecule has 0 atom stereocenters. The highest BCUT2D eigenvalue weighted by atomic mass is 19.1. The molecule has 9 heteroatoms. The summed E-state index contributed by atoms with van der Waals surface area (Å²) in [6.45, 7) is 3.03. The summed E-state index contributed by atoms with van der Waals surface area (Å²) >= 11 is 0. The van der Waals surface area contributed by atoms with Crippen LogP contribution in [0.5, 0.6) is 0 Å². The number of rotatable bonds is 4. The standard InChI is InChI=1S/C22H18F3N5O/c1-13-6-8-30(21-17(24)3-2-7-26-21)12-16(13)19-10-28-20(11-27-19)29-22(31)15-5-4-14(23)9-18(15)25/h2-5,7,9-11H,6,8,12H2,1H3,(H,28,29,31). The Morgan fingerprint density at radius 2 is 1.90 bits per heavy atom. The number of nitrogens with one attached hydrogen (secondary N) is 1. The molecular formula is C22H18F3N5O. The fraction of sp³-hybridized carbons (Fsp3) is 0.182.